The summed E-state index contributed by atoms with van der Waals surface area (Å²) in [5, 5.41) is 17.9. The maximum absolute atomic E-state index is 10.8. The van der Waals surface area contributed by atoms with E-state index in [1.54, 1.807) is 6.07 Å². The van der Waals surface area contributed by atoms with Crippen molar-refractivity contribution in [1.82, 2.24) is 0 Å². The van der Waals surface area contributed by atoms with Crippen molar-refractivity contribution in [2.45, 2.75) is 0 Å². The van der Waals surface area contributed by atoms with Gasteiger partial charge < -0.3 is 5.11 Å². The minimum absolute atomic E-state index is 0.126. The Kier molecular flexibility index (Phi) is 2.89. The summed E-state index contributed by atoms with van der Waals surface area (Å²) >= 11 is 0. The van der Waals surface area contributed by atoms with E-state index in [0.29, 0.717) is 5.56 Å². The Balaban J connectivity index is 2.57. The van der Waals surface area contributed by atoms with Gasteiger partial charge in [-0.05, 0) is 23.3 Å². The van der Waals surface area contributed by atoms with Gasteiger partial charge in [-0.25, -0.2) is 4.79 Å². The number of carboxylic acid groups (broad SMARTS) is 1. The van der Waals surface area contributed by atoms with E-state index in [1.807, 2.05) is 36.4 Å². The summed E-state index contributed by atoms with van der Waals surface area (Å²) in [6.07, 6.45) is 0. The van der Waals surface area contributed by atoms with Crippen molar-refractivity contribution in [1.29, 1.82) is 5.26 Å². The molecule has 0 aromatic heterocycles. The van der Waals surface area contributed by atoms with Crippen LogP contribution in [0.2, 0.25) is 0 Å². The van der Waals surface area contributed by atoms with Crippen LogP contribution >= 0.6 is 0 Å². The number of carboxylic acids is 1. The summed E-state index contributed by atoms with van der Waals surface area (Å²) in [4.78, 5) is 10.8. The van der Waals surface area contributed by atoms with Gasteiger partial charge in [0.05, 0.1) is 17.2 Å². The van der Waals surface area contributed by atoms with Gasteiger partial charge in [-0.15, -0.1) is 0 Å². The molecule has 0 aliphatic carbocycles. The van der Waals surface area contributed by atoms with E-state index in [-0.39, 0.29) is 5.56 Å². The third kappa shape index (κ3) is 2.16. The van der Waals surface area contributed by atoms with E-state index in [9.17, 15) is 4.79 Å². The zero-order valence-corrected chi connectivity index (χ0v) is 8.92. The van der Waals surface area contributed by atoms with Crippen molar-refractivity contribution in [2.75, 3.05) is 0 Å². The minimum Gasteiger partial charge on any atom is -0.478 e. The average Bonchev–Trinajstić information content (AvgIpc) is 2.39. The molecule has 0 radical (unpaired) electrons. The Morgan fingerprint density at radius 3 is 2.41 bits per heavy atom. The highest BCUT2D eigenvalue weighted by atomic mass is 16.4. The third-order valence-electron chi connectivity index (χ3n) is 2.47. The Hall–Kier alpha value is -2.60. The fraction of sp³-hybridized carbons (Fsp3) is 0. The fourth-order valence-corrected chi connectivity index (χ4v) is 1.64. The highest BCUT2D eigenvalue weighted by molar-refractivity contribution is 5.89. The molecule has 0 saturated heterocycles. The molecule has 1 N–H and O–H groups in total. The highest BCUT2D eigenvalue weighted by Crippen LogP contribution is 2.24. The van der Waals surface area contributed by atoms with Crippen LogP contribution in [0.4, 0.5) is 0 Å². The summed E-state index contributed by atoms with van der Waals surface area (Å²) in [6, 6.07) is 16.0. The molecule has 0 bridgehead atoms. The molecule has 0 saturated carbocycles. The molecule has 0 spiro atoms. The number of hydrogen-bond donors (Lipinski definition) is 1. The molecule has 0 aliphatic heterocycles. The van der Waals surface area contributed by atoms with Gasteiger partial charge in [-0.2, -0.15) is 5.26 Å². The first kappa shape index (κ1) is 10.9. The number of aromatic carboxylic acids is 1. The summed E-state index contributed by atoms with van der Waals surface area (Å²) < 4.78 is 0. The van der Waals surface area contributed by atoms with E-state index in [1.165, 1.54) is 12.1 Å². The third-order valence-corrected chi connectivity index (χ3v) is 2.47. The first-order valence-electron chi connectivity index (χ1n) is 5.05. The van der Waals surface area contributed by atoms with Crippen molar-refractivity contribution in [3.8, 4) is 17.2 Å². The molecular weight excluding hydrogens is 214 g/mol. The normalized spacial score (nSPS) is 9.59. The number of hydrogen-bond acceptors (Lipinski definition) is 2. The van der Waals surface area contributed by atoms with Gasteiger partial charge in [0.15, 0.2) is 0 Å². The number of nitriles is 1. The number of rotatable bonds is 2. The molecular formula is C14H9NO2. The molecule has 0 aliphatic rings. The fourth-order valence-electron chi connectivity index (χ4n) is 1.64. The maximum atomic E-state index is 10.8. The molecule has 2 aromatic rings. The van der Waals surface area contributed by atoms with Gasteiger partial charge in [0.25, 0.3) is 0 Å². The van der Waals surface area contributed by atoms with E-state index in [4.69, 9.17) is 10.4 Å². The highest BCUT2D eigenvalue weighted by Gasteiger charge is 2.09. The Morgan fingerprint density at radius 1 is 1.12 bits per heavy atom. The number of carbonyl (C=O) groups is 1. The van der Waals surface area contributed by atoms with E-state index in [0.717, 1.165) is 11.1 Å². The van der Waals surface area contributed by atoms with Gasteiger partial charge in [0.2, 0.25) is 0 Å². The lowest BCUT2D eigenvalue weighted by Crippen LogP contribution is -1.97. The standard InChI is InChI=1S/C14H9NO2/c15-9-12-8-11(14(16)17)6-7-13(12)10-4-2-1-3-5-10/h1-8H,(H,16,17). The van der Waals surface area contributed by atoms with E-state index in [2.05, 4.69) is 0 Å². The van der Waals surface area contributed by atoms with Crippen LogP contribution in [0.5, 0.6) is 0 Å². The SMILES string of the molecule is N#Cc1cc(C(=O)O)ccc1-c1ccccc1. The van der Waals surface area contributed by atoms with Crippen LogP contribution in [0.1, 0.15) is 15.9 Å². The molecule has 0 heterocycles. The topological polar surface area (TPSA) is 61.1 Å². The maximum Gasteiger partial charge on any atom is 0.335 e. The zero-order chi connectivity index (χ0) is 12.3. The number of nitrogens with zero attached hydrogens (tertiary/aromatic N) is 1. The summed E-state index contributed by atoms with van der Waals surface area (Å²) in [5.74, 6) is -1.03. The summed E-state index contributed by atoms with van der Waals surface area (Å²) in [5.41, 5.74) is 2.15. The van der Waals surface area contributed by atoms with Gasteiger partial charge in [0.1, 0.15) is 0 Å². The molecule has 2 aromatic carbocycles. The van der Waals surface area contributed by atoms with Crippen LogP contribution in [0.15, 0.2) is 48.5 Å². The van der Waals surface area contributed by atoms with Crippen LogP contribution < -0.4 is 0 Å². The van der Waals surface area contributed by atoms with E-state index < -0.39 is 5.97 Å². The molecule has 0 fully saturated rings. The second-order valence-electron chi connectivity index (χ2n) is 3.54. The zero-order valence-electron chi connectivity index (χ0n) is 8.92. The monoisotopic (exact) mass is 223 g/mol. The van der Waals surface area contributed by atoms with Crippen LogP contribution in [0.25, 0.3) is 11.1 Å². The first-order valence-corrected chi connectivity index (χ1v) is 5.05. The Morgan fingerprint density at radius 2 is 1.82 bits per heavy atom. The first-order chi connectivity index (χ1) is 8.22. The number of benzene rings is 2. The quantitative estimate of drug-likeness (QED) is 0.851. The summed E-state index contributed by atoms with van der Waals surface area (Å²) in [7, 11) is 0. The average molecular weight is 223 g/mol. The van der Waals surface area contributed by atoms with Crippen LogP contribution in [0, 0.1) is 11.3 Å². The van der Waals surface area contributed by atoms with Crippen molar-refractivity contribution in [3.63, 3.8) is 0 Å². The van der Waals surface area contributed by atoms with Crippen molar-refractivity contribution in [2.24, 2.45) is 0 Å². The lowest BCUT2D eigenvalue weighted by Gasteiger charge is -2.04. The Bertz CT molecular complexity index is 597. The van der Waals surface area contributed by atoms with Crippen molar-refractivity contribution in [3.05, 3.63) is 59.7 Å². The predicted molar refractivity (Wildman–Crippen MR) is 63.6 cm³/mol. The lowest BCUT2D eigenvalue weighted by atomic mass is 9.98. The molecule has 2 rings (SSSR count). The molecule has 3 heteroatoms. The second-order valence-corrected chi connectivity index (χ2v) is 3.54. The largest absolute Gasteiger partial charge is 0.478 e. The van der Waals surface area contributed by atoms with Crippen LogP contribution in [-0.4, -0.2) is 11.1 Å². The smallest absolute Gasteiger partial charge is 0.335 e. The van der Waals surface area contributed by atoms with Gasteiger partial charge in [-0.3, -0.25) is 0 Å². The summed E-state index contributed by atoms with van der Waals surface area (Å²) in [6.45, 7) is 0. The molecule has 0 atom stereocenters. The van der Waals surface area contributed by atoms with Crippen LogP contribution in [-0.2, 0) is 0 Å². The van der Waals surface area contributed by atoms with Crippen molar-refractivity contribution >= 4 is 5.97 Å². The van der Waals surface area contributed by atoms with Crippen molar-refractivity contribution < 1.29 is 9.90 Å². The Labute approximate surface area is 98.6 Å². The molecule has 82 valence electrons. The molecule has 17 heavy (non-hydrogen) atoms. The minimum atomic E-state index is -1.03. The van der Waals surface area contributed by atoms with E-state index >= 15 is 0 Å². The lowest BCUT2D eigenvalue weighted by molar-refractivity contribution is 0.0697. The van der Waals surface area contributed by atoms with Gasteiger partial charge >= 0.3 is 5.97 Å². The van der Waals surface area contributed by atoms with Crippen LogP contribution in [0.3, 0.4) is 0 Å². The molecule has 0 unspecified atom stereocenters. The van der Waals surface area contributed by atoms with Gasteiger partial charge in [0, 0.05) is 0 Å². The predicted octanol–water partition coefficient (Wildman–Crippen LogP) is 2.92. The molecule has 0 amide bonds. The second kappa shape index (κ2) is 4.50. The van der Waals surface area contributed by atoms with Gasteiger partial charge in [-0.1, -0.05) is 36.4 Å². The molecule has 3 nitrogen and oxygen atoms in total.